The summed E-state index contributed by atoms with van der Waals surface area (Å²) in [5, 5.41) is 4.50. The average Bonchev–Trinajstić information content (AvgIpc) is 3.12. The van der Waals surface area contributed by atoms with Gasteiger partial charge in [0.1, 0.15) is 0 Å². The van der Waals surface area contributed by atoms with Crippen molar-refractivity contribution in [1.82, 2.24) is 0 Å². The quantitative estimate of drug-likeness (QED) is 0.325. The summed E-state index contributed by atoms with van der Waals surface area (Å²) in [6.45, 7) is 14.0. The summed E-state index contributed by atoms with van der Waals surface area (Å²) >= 11 is 1.74. The van der Waals surface area contributed by atoms with Crippen molar-refractivity contribution in [2.75, 3.05) is 0 Å². The molecule has 0 radical (unpaired) electrons. The van der Waals surface area contributed by atoms with Crippen molar-refractivity contribution in [3.8, 4) is 0 Å². The first kappa shape index (κ1) is 27.3. The molecule has 0 aliphatic heterocycles. The molecule has 0 saturated carbocycles. The van der Waals surface area contributed by atoms with Gasteiger partial charge in [0.2, 0.25) is 0 Å². The second kappa shape index (κ2) is 13.3. The first-order valence-corrected chi connectivity index (χ1v) is 17.8. The van der Waals surface area contributed by atoms with Gasteiger partial charge < -0.3 is 24.8 Å². The predicted octanol–water partition coefficient (Wildman–Crippen LogP) is -0.390. The van der Waals surface area contributed by atoms with Crippen LogP contribution in [-0.2, 0) is 23.3 Å². The van der Waals surface area contributed by atoms with Crippen molar-refractivity contribution >= 4 is 29.5 Å². The SMILES string of the molecule is C[Si](C)=[Zr+2].Cc1ccc([Si](C)(C)C)c2cc[cH-]c12.[Cl-].[Cl-].c1cc[cH-]c1. The van der Waals surface area contributed by atoms with Crippen molar-refractivity contribution in [2.24, 2.45) is 0 Å². The summed E-state index contributed by atoms with van der Waals surface area (Å²) in [5.41, 5.74) is 1.61. The van der Waals surface area contributed by atoms with Crippen LogP contribution in [0.3, 0.4) is 0 Å². The first-order valence-electron chi connectivity index (χ1n) is 8.07. The Labute approximate surface area is 182 Å². The maximum Gasteiger partial charge on any atom is 0.0662 e. The number of benzene rings is 1. The van der Waals surface area contributed by atoms with Crippen LogP contribution in [0.1, 0.15) is 5.56 Å². The third-order valence-electron chi connectivity index (χ3n) is 3.39. The van der Waals surface area contributed by atoms with Crippen LogP contribution in [-0.4, -0.2) is 13.5 Å². The van der Waals surface area contributed by atoms with E-state index in [1.165, 1.54) is 16.3 Å². The minimum atomic E-state index is -1.18. The fraction of sp³-hybridized carbons (Fsp3) is 0.300. The molecular weight excluding hydrogens is 459 g/mol. The number of hydrogen-bond acceptors (Lipinski definition) is 0. The molecule has 25 heavy (non-hydrogen) atoms. The fourth-order valence-electron chi connectivity index (χ4n) is 2.36. The van der Waals surface area contributed by atoms with Gasteiger partial charge in [0, 0.05) is 0 Å². The van der Waals surface area contributed by atoms with Gasteiger partial charge in [-0.2, -0.15) is 30.3 Å². The molecule has 0 spiro atoms. The van der Waals surface area contributed by atoms with Crippen molar-refractivity contribution in [1.29, 1.82) is 0 Å². The van der Waals surface area contributed by atoms with Crippen LogP contribution in [0.4, 0.5) is 0 Å². The van der Waals surface area contributed by atoms with Gasteiger partial charge in [0.15, 0.2) is 0 Å². The molecule has 0 aliphatic carbocycles. The van der Waals surface area contributed by atoms with Gasteiger partial charge in [0.25, 0.3) is 0 Å². The van der Waals surface area contributed by atoms with E-state index in [1.807, 2.05) is 30.3 Å². The number of fused-ring (bicyclic) bond motifs is 1. The van der Waals surface area contributed by atoms with Gasteiger partial charge in [0.05, 0.1) is 8.07 Å². The topological polar surface area (TPSA) is 0 Å². The molecule has 3 aromatic carbocycles. The summed E-state index contributed by atoms with van der Waals surface area (Å²) in [4.78, 5) is 0. The molecule has 5 heteroatoms. The van der Waals surface area contributed by atoms with E-state index in [1.54, 1.807) is 28.5 Å². The van der Waals surface area contributed by atoms with E-state index < -0.39 is 8.07 Å². The van der Waals surface area contributed by atoms with Crippen LogP contribution in [0.5, 0.6) is 0 Å². The average molecular weight is 487 g/mol. The van der Waals surface area contributed by atoms with Crippen LogP contribution in [0.25, 0.3) is 10.8 Å². The standard InChI is InChI=1S/C13H17Si.C5H5.C2H6Si.2ClH.Zr/c1-10-8-9-13(14(2,3)4)12-7-5-6-11(10)12;1-2-4-5-3-1;1-3-2;;;/h5-9H,1-4H3;1-5H;1-2H3;2*1H;/q2*-1;;;;+2/p-2. The number of halogens is 2. The zero-order chi connectivity index (χ0) is 17.5. The van der Waals surface area contributed by atoms with Gasteiger partial charge >= 0.3 is 41.9 Å². The smallest absolute Gasteiger partial charge is 0.0662 e. The molecule has 0 aliphatic rings. The van der Waals surface area contributed by atoms with Crippen LogP contribution >= 0.6 is 0 Å². The zero-order valence-corrected chi connectivity index (χ0v) is 22.0. The second-order valence-corrected chi connectivity index (χ2v) is 21.4. The van der Waals surface area contributed by atoms with E-state index in [2.05, 4.69) is 70.0 Å². The molecule has 3 aromatic rings. The van der Waals surface area contributed by atoms with Crippen LogP contribution in [0.2, 0.25) is 32.7 Å². The molecule has 0 nitrogen and oxygen atoms in total. The minimum Gasteiger partial charge on any atom is -1.00 e. The van der Waals surface area contributed by atoms with Gasteiger partial charge in [-0.25, -0.2) is 12.1 Å². The first-order chi connectivity index (χ1) is 10.7. The summed E-state index contributed by atoms with van der Waals surface area (Å²) in [6, 6.07) is 21.2. The van der Waals surface area contributed by atoms with Crippen LogP contribution in [0, 0.1) is 6.92 Å². The second-order valence-electron chi connectivity index (χ2n) is 7.00. The van der Waals surface area contributed by atoms with Crippen molar-refractivity contribution in [3.05, 3.63) is 66.2 Å². The van der Waals surface area contributed by atoms with E-state index >= 15 is 0 Å². The van der Waals surface area contributed by atoms with Crippen molar-refractivity contribution < 1.29 is 48.1 Å². The molecule has 0 atom stereocenters. The maximum atomic E-state index is 2.41. The molecule has 0 N–H and O–H groups in total. The van der Waals surface area contributed by atoms with Gasteiger partial charge in [-0.1, -0.05) is 32.6 Å². The Bertz CT molecular complexity index is 705. The van der Waals surface area contributed by atoms with E-state index in [0.29, 0.717) is 0 Å². The Hall–Kier alpha value is 0.0769. The Morgan fingerprint density at radius 2 is 1.44 bits per heavy atom. The Morgan fingerprint density at radius 1 is 0.920 bits per heavy atom. The molecule has 0 bridgehead atoms. The molecule has 0 heterocycles. The third kappa shape index (κ3) is 10.1. The van der Waals surface area contributed by atoms with Gasteiger partial charge in [-0.3, -0.25) is 0 Å². The van der Waals surface area contributed by atoms with Gasteiger partial charge in [-0.05, 0) is 0 Å². The summed E-state index contributed by atoms with van der Waals surface area (Å²) in [6.07, 6.45) is 0. The normalized spacial score (nSPS) is 9.60. The summed E-state index contributed by atoms with van der Waals surface area (Å²) in [5.74, 6) is 0. The monoisotopic (exact) mass is 484 g/mol. The number of aryl methyl sites for hydroxylation is 1. The third-order valence-corrected chi connectivity index (χ3v) is 5.45. The molecule has 136 valence electrons. The maximum absolute atomic E-state index is 2.41. The molecule has 0 aromatic heterocycles. The van der Waals surface area contributed by atoms with E-state index in [-0.39, 0.29) is 30.2 Å². The Morgan fingerprint density at radius 3 is 1.84 bits per heavy atom. The van der Waals surface area contributed by atoms with Crippen molar-refractivity contribution in [2.45, 2.75) is 39.7 Å². The zero-order valence-electron chi connectivity index (χ0n) is 16.0. The van der Waals surface area contributed by atoms with Crippen molar-refractivity contribution in [3.63, 3.8) is 0 Å². The number of hydrogen-bond donors (Lipinski definition) is 0. The van der Waals surface area contributed by atoms with Gasteiger partial charge in [-0.15, -0.1) is 33.7 Å². The molecule has 0 amide bonds. The molecule has 0 saturated heterocycles. The molecule has 3 rings (SSSR count). The summed E-state index contributed by atoms with van der Waals surface area (Å²) in [7, 11) is -1.18. The summed E-state index contributed by atoms with van der Waals surface area (Å²) < 4.78 is 0. The van der Waals surface area contributed by atoms with E-state index in [9.17, 15) is 0 Å². The molecule has 0 unspecified atom stereocenters. The van der Waals surface area contributed by atoms with E-state index in [0.717, 1.165) is 0 Å². The Kier molecular flexibility index (Phi) is 14.5. The van der Waals surface area contributed by atoms with Crippen LogP contribution < -0.4 is 30.0 Å². The predicted molar refractivity (Wildman–Crippen MR) is 107 cm³/mol. The largest absolute Gasteiger partial charge is 1.00 e. The van der Waals surface area contributed by atoms with Crippen LogP contribution in [0.15, 0.2) is 60.7 Å². The molecule has 0 fully saturated rings. The molecular formula is C20H28Cl2Si2Zr-2. The fourth-order valence-corrected chi connectivity index (χ4v) is 3.97. The Balaban J connectivity index is 0. The minimum absolute atomic E-state index is 0. The number of rotatable bonds is 1. The van der Waals surface area contributed by atoms with E-state index in [4.69, 9.17) is 0 Å².